The van der Waals surface area contributed by atoms with Gasteiger partial charge in [0.15, 0.2) is 0 Å². The molecule has 40 heavy (non-hydrogen) atoms. The number of ether oxygens (including phenoxy) is 1. The maximum absolute atomic E-state index is 13.7. The average Bonchev–Trinajstić information content (AvgIpc) is 2.96. The van der Waals surface area contributed by atoms with Crippen LogP contribution in [-0.4, -0.2) is 42.7 Å². The zero-order valence-corrected chi connectivity index (χ0v) is 24.6. The molecule has 2 unspecified atom stereocenters. The van der Waals surface area contributed by atoms with E-state index in [1.807, 2.05) is 93.0 Å². The van der Waals surface area contributed by atoms with Gasteiger partial charge in [0.05, 0.1) is 7.11 Å². The number of aromatic nitrogens is 1. The summed E-state index contributed by atoms with van der Waals surface area (Å²) < 4.78 is 6.30. The molecule has 6 heteroatoms. The first kappa shape index (κ1) is 27.9. The predicted molar refractivity (Wildman–Crippen MR) is 165 cm³/mol. The minimum atomic E-state index is -1.43. The molecule has 2 atom stereocenters. The molecule has 0 radical (unpaired) electrons. The molecule has 5 aromatic rings. The minimum Gasteiger partial charge on any atom is -0.497 e. The summed E-state index contributed by atoms with van der Waals surface area (Å²) in [5.41, 5.74) is 1.08. The third kappa shape index (κ3) is 5.78. The maximum Gasteiger partial charge on any atom is 0.252 e. The summed E-state index contributed by atoms with van der Waals surface area (Å²) in [7, 11) is 5.73. The van der Waals surface area contributed by atoms with Crippen LogP contribution in [0.4, 0.5) is 0 Å². The molecule has 0 fully saturated rings. The van der Waals surface area contributed by atoms with Crippen LogP contribution < -0.4 is 10.3 Å². The van der Waals surface area contributed by atoms with Crippen LogP contribution in [0.3, 0.4) is 0 Å². The molecule has 1 heterocycles. The van der Waals surface area contributed by atoms with Crippen molar-refractivity contribution in [3.63, 3.8) is 0 Å². The molecule has 0 saturated heterocycles. The summed E-state index contributed by atoms with van der Waals surface area (Å²) in [4.78, 5) is 18.9. The summed E-state index contributed by atoms with van der Waals surface area (Å²) >= 11 is 3.56. The number of fused-ring (bicyclic) bond motifs is 2. The van der Waals surface area contributed by atoms with Crippen LogP contribution in [0.5, 0.6) is 5.75 Å². The zero-order valence-electron chi connectivity index (χ0n) is 23.0. The number of nitrogens with one attached hydrogen (secondary N) is 1. The minimum absolute atomic E-state index is 0.218. The highest BCUT2D eigenvalue weighted by atomic mass is 79.9. The van der Waals surface area contributed by atoms with Gasteiger partial charge in [-0.2, -0.15) is 0 Å². The van der Waals surface area contributed by atoms with Crippen molar-refractivity contribution in [3.8, 4) is 5.75 Å². The number of unbranched alkanes of at least 4 members (excludes halogenated alkanes) is 1. The molecule has 5 rings (SSSR count). The molecule has 0 aliphatic heterocycles. The summed E-state index contributed by atoms with van der Waals surface area (Å²) in [6, 6.07) is 31.8. The quantitative estimate of drug-likeness (QED) is 0.174. The van der Waals surface area contributed by atoms with Crippen molar-refractivity contribution < 1.29 is 9.84 Å². The second-order valence-electron chi connectivity index (χ2n) is 10.6. The lowest BCUT2D eigenvalue weighted by molar-refractivity contribution is 0.00727. The number of benzene rings is 3. The molecule has 0 spiro atoms. The van der Waals surface area contributed by atoms with Gasteiger partial charge < -0.3 is 19.7 Å². The highest BCUT2D eigenvalue weighted by Gasteiger charge is 2.42. The number of hydrogen-bond acceptors (Lipinski definition) is 4. The molecule has 4 aromatic carbocycles. The fraction of sp³-hybridized carbons (Fsp3) is 0.265. The number of halogens is 1. The number of aliphatic hydroxyl groups is 1. The number of nitrogens with zero attached hydrogens (tertiary/aromatic N) is 1. The predicted octanol–water partition coefficient (Wildman–Crippen LogP) is 6.80. The average molecular weight is 598 g/mol. The van der Waals surface area contributed by atoms with Crippen LogP contribution >= 0.6 is 15.9 Å². The van der Waals surface area contributed by atoms with E-state index < -0.39 is 11.5 Å². The Hall–Kier alpha value is -3.63. The van der Waals surface area contributed by atoms with E-state index >= 15 is 0 Å². The van der Waals surface area contributed by atoms with Gasteiger partial charge in [-0.05, 0) is 98.7 Å². The number of aromatic amines is 1. The Bertz CT molecular complexity index is 1680. The summed E-state index contributed by atoms with van der Waals surface area (Å²) in [6.07, 6.45) is 2.12. The smallest absolute Gasteiger partial charge is 0.252 e. The van der Waals surface area contributed by atoms with E-state index in [0.29, 0.717) is 17.5 Å². The lowest BCUT2D eigenvalue weighted by Gasteiger charge is -2.37. The van der Waals surface area contributed by atoms with Gasteiger partial charge in [0.2, 0.25) is 0 Å². The fourth-order valence-corrected chi connectivity index (χ4v) is 5.86. The fourth-order valence-electron chi connectivity index (χ4n) is 5.48. The second-order valence-corrected chi connectivity index (χ2v) is 11.5. The van der Waals surface area contributed by atoms with Crippen LogP contribution in [-0.2, 0) is 5.60 Å². The molecule has 0 saturated carbocycles. The van der Waals surface area contributed by atoms with Crippen molar-refractivity contribution in [2.75, 3.05) is 27.7 Å². The first-order valence-corrected chi connectivity index (χ1v) is 14.2. The van der Waals surface area contributed by atoms with Gasteiger partial charge in [-0.15, -0.1) is 0 Å². The van der Waals surface area contributed by atoms with Crippen LogP contribution in [0.25, 0.3) is 21.7 Å². The highest BCUT2D eigenvalue weighted by Crippen LogP contribution is 2.44. The molecular formula is C34H33BrN2O3. The second kappa shape index (κ2) is 11.9. The van der Waals surface area contributed by atoms with Gasteiger partial charge in [-0.25, -0.2) is 0 Å². The molecule has 1 aromatic heterocycles. The van der Waals surface area contributed by atoms with E-state index in [1.165, 1.54) is 0 Å². The number of pyridine rings is 1. The third-order valence-corrected chi connectivity index (χ3v) is 8.02. The van der Waals surface area contributed by atoms with E-state index in [0.717, 1.165) is 56.8 Å². The Kier molecular flexibility index (Phi) is 8.27. The van der Waals surface area contributed by atoms with Crippen molar-refractivity contribution in [2.45, 2.75) is 30.8 Å². The molecule has 2 N–H and O–H groups in total. The van der Waals surface area contributed by atoms with Crippen LogP contribution in [0.1, 0.15) is 41.9 Å². The molecule has 0 aliphatic rings. The van der Waals surface area contributed by atoms with Crippen LogP contribution in [0.2, 0.25) is 0 Å². The van der Waals surface area contributed by atoms with E-state index in [4.69, 9.17) is 4.74 Å². The SMILES string of the molecule is COc1ccc2cc(C(O)(CCCCN(C)C)C(c3ccccc3)c3cc4cc(Br)ccc4[nH]c3=O)c#cc2c1. The van der Waals surface area contributed by atoms with Crippen molar-refractivity contribution in [1.82, 2.24) is 9.88 Å². The molecule has 0 aliphatic carbocycles. The zero-order chi connectivity index (χ0) is 28.3. The van der Waals surface area contributed by atoms with Gasteiger partial charge in [-0.3, -0.25) is 4.79 Å². The summed E-state index contributed by atoms with van der Waals surface area (Å²) in [6.45, 7) is 0.907. The first-order valence-electron chi connectivity index (χ1n) is 13.5. The van der Waals surface area contributed by atoms with Gasteiger partial charge in [-0.1, -0.05) is 64.5 Å². The first-order chi connectivity index (χ1) is 19.3. The number of rotatable bonds is 10. The van der Waals surface area contributed by atoms with Gasteiger partial charge >= 0.3 is 0 Å². The van der Waals surface area contributed by atoms with Crippen LogP contribution in [0, 0.1) is 12.1 Å². The lowest BCUT2D eigenvalue weighted by atomic mass is 9.71. The topological polar surface area (TPSA) is 65.6 Å². The Morgan fingerprint density at radius 1 is 0.975 bits per heavy atom. The van der Waals surface area contributed by atoms with E-state index in [-0.39, 0.29) is 5.56 Å². The largest absolute Gasteiger partial charge is 0.497 e. The normalized spacial score (nSPS) is 13.8. The number of methoxy groups -OCH3 is 1. The highest BCUT2D eigenvalue weighted by molar-refractivity contribution is 9.10. The lowest BCUT2D eigenvalue weighted by Crippen LogP contribution is -2.37. The van der Waals surface area contributed by atoms with Gasteiger partial charge in [0.25, 0.3) is 5.56 Å². The monoisotopic (exact) mass is 596 g/mol. The Labute approximate surface area is 243 Å². The van der Waals surface area contributed by atoms with E-state index in [9.17, 15) is 9.90 Å². The standard InChI is InChI=1S/C34H33BrN2O3/c1-37(2)18-8-7-17-34(39,27-13-11-25-21-29(40-3)15-12-24(25)19-27)32(23-9-5-4-6-10-23)30-22-26-20-28(35)14-16-31(26)36-33(30)38/h4-6,9-10,12,14-16,19-22,32,39H,7-8,17-18H2,1-3H3,(H,36,38). The molecule has 5 nitrogen and oxygen atoms in total. The van der Waals surface area contributed by atoms with Gasteiger partial charge in [0, 0.05) is 32.4 Å². The van der Waals surface area contributed by atoms with Crippen molar-refractivity contribution in [1.29, 1.82) is 0 Å². The maximum atomic E-state index is 13.7. The number of H-pyrrole nitrogens is 1. The summed E-state index contributed by atoms with van der Waals surface area (Å²) in [5, 5.41) is 15.5. The van der Waals surface area contributed by atoms with Gasteiger partial charge in [0.1, 0.15) is 11.4 Å². The third-order valence-electron chi connectivity index (χ3n) is 7.53. The van der Waals surface area contributed by atoms with Crippen molar-refractivity contribution in [3.05, 3.63) is 123 Å². The van der Waals surface area contributed by atoms with Crippen molar-refractivity contribution in [2.24, 2.45) is 0 Å². The Balaban J connectivity index is 1.72. The summed E-state index contributed by atoms with van der Waals surface area (Å²) in [5.74, 6) is 0.0976. The molecular weight excluding hydrogens is 564 g/mol. The molecule has 0 amide bonds. The van der Waals surface area contributed by atoms with Crippen LogP contribution in [0.15, 0.2) is 88.1 Å². The number of hydrogen-bond donors (Lipinski definition) is 2. The van der Waals surface area contributed by atoms with Crippen molar-refractivity contribution >= 4 is 37.6 Å². The molecule has 0 bridgehead atoms. The van der Waals surface area contributed by atoms with E-state index in [2.05, 4.69) is 37.9 Å². The Morgan fingerprint density at radius 2 is 1.77 bits per heavy atom. The van der Waals surface area contributed by atoms with E-state index in [1.54, 1.807) is 7.11 Å². The Morgan fingerprint density at radius 3 is 2.52 bits per heavy atom. The molecule has 204 valence electrons.